The van der Waals surface area contributed by atoms with E-state index in [1.54, 1.807) is 18.6 Å². The van der Waals surface area contributed by atoms with Crippen LogP contribution in [0.4, 0.5) is 0 Å². The highest BCUT2D eigenvalue weighted by Gasteiger charge is 1.86. The molecule has 0 spiro atoms. The number of nitrogens with zero attached hydrogens (tertiary/aromatic N) is 2. The van der Waals surface area contributed by atoms with E-state index in [2.05, 4.69) is 9.97 Å². The molecule has 2 heteroatoms. The summed E-state index contributed by atoms with van der Waals surface area (Å²) in [5, 5.41) is 0. The maximum atomic E-state index is 4.14. The quantitative estimate of drug-likeness (QED) is 0.713. The zero-order chi connectivity index (χ0) is 9.64. The van der Waals surface area contributed by atoms with Crippen molar-refractivity contribution in [3.8, 4) is 0 Å². The Bertz CT molecular complexity index is 365. The molecule has 2 rings (SSSR count). The van der Waals surface area contributed by atoms with Gasteiger partial charge in [-0.2, -0.15) is 0 Å². The Kier molecular flexibility index (Phi) is 2.67. The molecule has 0 aliphatic heterocycles. The van der Waals surface area contributed by atoms with Crippen LogP contribution in [0.15, 0.2) is 48.9 Å². The first-order valence-corrected chi connectivity index (χ1v) is 4.44. The number of rotatable bonds is 2. The molecule has 0 N–H and O–H groups in total. The molecule has 0 atom stereocenters. The Morgan fingerprint density at radius 2 is 1.79 bits per heavy atom. The Labute approximate surface area is 83.0 Å². The van der Waals surface area contributed by atoms with Gasteiger partial charge in [0.2, 0.25) is 0 Å². The van der Waals surface area contributed by atoms with E-state index in [4.69, 9.17) is 0 Å². The minimum absolute atomic E-state index is 0.872. The molecule has 0 fully saturated rings. The third-order valence-corrected chi connectivity index (χ3v) is 1.83. The number of benzene rings is 1. The predicted molar refractivity (Wildman–Crippen MR) is 57.4 cm³/mol. The smallest absolute Gasteiger partial charge is 0.0813 e. The predicted octanol–water partition coefficient (Wildman–Crippen LogP) is 2.65. The summed E-state index contributed by atoms with van der Waals surface area (Å²) in [6, 6.07) is 10.1. The van der Waals surface area contributed by atoms with Gasteiger partial charge in [-0.25, -0.2) is 0 Å². The summed E-state index contributed by atoms with van der Waals surface area (Å²) >= 11 is 0. The van der Waals surface area contributed by atoms with Crippen molar-refractivity contribution in [2.45, 2.75) is 0 Å². The lowest BCUT2D eigenvalue weighted by molar-refractivity contribution is 1.18. The average molecular weight is 182 g/mol. The fraction of sp³-hybridized carbons (Fsp3) is 0. The first-order chi connectivity index (χ1) is 6.95. The average Bonchev–Trinajstić information content (AvgIpc) is 2.29. The van der Waals surface area contributed by atoms with Gasteiger partial charge in [0.05, 0.1) is 11.9 Å². The summed E-state index contributed by atoms with van der Waals surface area (Å²) in [5.41, 5.74) is 2.04. The molecule has 0 saturated heterocycles. The molecule has 0 radical (unpaired) electrons. The van der Waals surface area contributed by atoms with E-state index in [-0.39, 0.29) is 0 Å². The topological polar surface area (TPSA) is 25.8 Å². The van der Waals surface area contributed by atoms with Crippen molar-refractivity contribution in [1.29, 1.82) is 0 Å². The molecule has 0 amide bonds. The summed E-state index contributed by atoms with van der Waals surface area (Å²) in [6.07, 6.45) is 9.05. The first-order valence-electron chi connectivity index (χ1n) is 4.44. The zero-order valence-electron chi connectivity index (χ0n) is 7.67. The van der Waals surface area contributed by atoms with Gasteiger partial charge < -0.3 is 0 Å². The van der Waals surface area contributed by atoms with Crippen molar-refractivity contribution in [2.24, 2.45) is 0 Å². The minimum atomic E-state index is 0.872. The van der Waals surface area contributed by atoms with E-state index in [0.29, 0.717) is 0 Å². The normalized spacial score (nSPS) is 10.6. The highest BCUT2D eigenvalue weighted by molar-refractivity contribution is 5.67. The van der Waals surface area contributed by atoms with Crippen LogP contribution < -0.4 is 0 Å². The summed E-state index contributed by atoms with van der Waals surface area (Å²) in [4.78, 5) is 8.13. The SMILES string of the molecule is C(=Cc1cnccn1)c1ccccc1. The summed E-state index contributed by atoms with van der Waals surface area (Å²) in [5.74, 6) is 0. The van der Waals surface area contributed by atoms with Gasteiger partial charge in [0.15, 0.2) is 0 Å². The van der Waals surface area contributed by atoms with Crippen molar-refractivity contribution in [3.63, 3.8) is 0 Å². The Balaban J connectivity index is 2.16. The van der Waals surface area contributed by atoms with Gasteiger partial charge in [0.25, 0.3) is 0 Å². The molecule has 2 nitrogen and oxygen atoms in total. The van der Waals surface area contributed by atoms with Gasteiger partial charge in [0.1, 0.15) is 0 Å². The van der Waals surface area contributed by atoms with E-state index in [9.17, 15) is 0 Å². The van der Waals surface area contributed by atoms with Crippen LogP contribution >= 0.6 is 0 Å². The van der Waals surface area contributed by atoms with E-state index in [0.717, 1.165) is 11.3 Å². The molecule has 2 aromatic rings. The minimum Gasteiger partial charge on any atom is -0.261 e. The summed E-state index contributed by atoms with van der Waals surface area (Å²) in [6.45, 7) is 0. The van der Waals surface area contributed by atoms with Gasteiger partial charge in [0, 0.05) is 12.4 Å². The van der Waals surface area contributed by atoms with Gasteiger partial charge in [-0.1, -0.05) is 36.4 Å². The Morgan fingerprint density at radius 3 is 2.50 bits per heavy atom. The third kappa shape index (κ3) is 2.26. The van der Waals surface area contributed by atoms with Crippen LogP contribution in [0, 0.1) is 0 Å². The molecule has 0 unspecified atom stereocenters. The molecule has 1 aromatic heterocycles. The van der Waals surface area contributed by atoms with Gasteiger partial charge in [-0.15, -0.1) is 0 Å². The number of aromatic nitrogens is 2. The van der Waals surface area contributed by atoms with Crippen LogP contribution in [0.1, 0.15) is 11.3 Å². The summed E-state index contributed by atoms with van der Waals surface area (Å²) < 4.78 is 0. The molecular weight excluding hydrogens is 172 g/mol. The van der Waals surface area contributed by atoms with Crippen molar-refractivity contribution in [1.82, 2.24) is 9.97 Å². The Morgan fingerprint density at radius 1 is 0.929 bits per heavy atom. The molecule has 0 saturated carbocycles. The van der Waals surface area contributed by atoms with Gasteiger partial charge in [-0.3, -0.25) is 9.97 Å². The molecule has 0 aliphatic rings. The van der Waals surface area contributed by atoms with Crippen molar-refractivity contribution < 1.29 is 0 Å². The molecular formula is C12H10N2. The van der Waals surface area contributed by atoms with Crippen LogP contribution in [-0.4, -0.2) is 9.97 Å². The fourth-order valence-corrected chi connectivity index (χ4v) is 1.14. The third-order valence-electron chi connectivity index (χ3n) is 1.83. The Hall–Kier alpha value is -1.96. The number of hydrogen-bond acceptors (Lipinski definition) is 2. The van der Waals surface area contributed by atoms with Crippen LogP contribution in [0.5, 0.6) is 0 Å². The molecule has 1 heterocycles. The monoisotopic (exact) mass is 182 g/mol. The van der Waals surface area contributed by atoms with E-state index >= 15 is 0 Å². The molecule has 68 valence electrons. The van der Waals surface area contributed by atoms with Crippen molar-refractivity contribution in [3.05, 3.63) is 60.2 Å². The molecule has 14 heavy (non-hydrogen) atoms. The van der Waals surface area contributed by atoms with Crippen molar-refractivity contribution in [2.75, 3.05) is 0 Å². The van der Waals surface area contributed by atoms with E-state index in [1.165, 1.54) is 0 Å². The second-order valence-electron chi connectivity index (χ2n) is 2.87. The van der Waals surface area contributed by atoms with Crippen LogP contribution in [0.2, 0.25) is 0 Å². The fourth-order valence-electron chi connectivity index (χ4n) is 1.14. The summed E-state index contributed by atoms with van der Waals surface area (Å²) in [7, 11) is 0. The lowest BCUT2D eigenvalue weighted by Gasteiger charge is -1.91. The molecule has 1 aromatic carbocycles. The lowest BCUT2D eigenvalue weighted by Crippen LogP contribution is -1.79. The van der Waals surface area contributed by atoms with E-state index < -0.39 is 0 Å². The van der Waals surface area contributed by atoms with Crippen LogP contribution in [-0.2, 0) is 0 Å². The van der Waals surface area contributed by atoms with Crippen LogP contribution in [0.3, 0.4) is 0 Å². The maximum Gasteiger partial charge on any atom is 0.0813 e. The lowest BCUT2D eigenvalue weighted by atomic mass is 10.2. The maximum absolute atomic E-state index is 4.14. The molecule has 0 bridgehead atoms. The van der Waals surface area contributed by atoms with E-state index in [1.807, 2.05) is 42.5 Å². The van der Waals surface area contributed by atoms with Gasteiger partial charge in [-0.05, 0) is 11.6 Å². The highest BCUT2D eigenvalue weighted by atomic mass is 14.7. The van der Waals surface area contributed by atoms with Crippen LogP contribution in [0.25, 0.3) is 12.2 Å². The van der Waals surface area contributed by atoms with Crippen molar-refractivity contribution >= 4 is 12.2 Å². The zero-order valence-corrected chi connectivity index (χ0v) is 7.67. The number of hydrogen-bond donors (Lipinski definition) is 0. The largest absolute Gasteiger partial charge is 0.261 e. The first kappa shape index (κ1) is 8.63. The second-order valence-corrected chi connectivity index (χ2v) is 2.87. The van der Waals surface area contributed by atoms with Gasteiger partial charge >= 0.3 is 0 Å². The molecule has 0 aliphatic carbocycles. The highest BCUT2D eigenvalue weighted by Crippen LogP contribution is 2.04. The second kappa shape index (κ2) is 4.33. The standard InChI is InChI=1S/C12H10N2/c1-2-4-11(5-3-1)6-7-12-10-13-8-9-14-12/h1-10H.